The van der Waals surface area contributed by atoms with Crippen molar-refractivity contribution < 1.29 is 33.8 Å². The summed E-state index contributed by atoms with van der Waals surface area (Å²) in [6.07, 6.45) is 11.1. The summed E-state index contributed by atoms with van der Waals surface area (Å²) in [6.45, 7) is 6.78. The van der Waals surface area contributed by atoms with Crippen LogP contribution >= 0.6 is 11.6 Å². The Hall–Kier alpha value is -3.01. The SMILES string of the molecule is C1CCCCC1.CC(C)(C)OC(=O)NCC(=O)N1CCCC1.O=CNCc1cc(Cl)ccc1OCC(=O)O. The lowest BCUT2D eigenvalue weighted by Gasteiger charge is -2.20. The van der Waals surface area contributed by atoms with E-state index >= 15 is 0 Å². The normalized spacial score (nSPS) is 14.6. The molecule has 3 rings (SSSR count). The van der Waals surface area contributed by atoms with Crippen LogP contribution < -0.4 is 15.4 Å². The molecule has 0 radical (unpaired) electrons. The largest absolute Gasteiger partial charge is 0.482 e. The van der Waals surface area contributed by atoms with E-state index in [0.29, 0.717) is 22.7 Å². The first-order valence-corrected chi connectivity index (χ1v) is 13.4. The van der Waals surface area contributed by atoms with E-state index in [0.717, 1.165) is 25.9 Å². The van der Waals surface area contributed by atoms with E-state index in [1.54, 1.807) is 43.9 Å². The molecular weight excluding hydrogens is 514 g/mol. The number of hydrogen-bond donors (Lipinski definition) is 3. The summed E-state index contributed by atoms with van der Waals surface area (Å²) in [5.74, 6) is -0.714. The maximum atomic E-state index is 11.6. The number of aliphatic carboxylic acids is 1. The molecule has 1 heterocycles. The van der Waals surface area contributed by atoms with Gasteiger partial charge in [-0.15, -0.1) is 0 Å². The Morgan fingerprint density at radius 3 is 2.11 bits per heavy atom. The minimum absolute atomic E-state index is 0.0227. The second kappa shape index (κ2) is 18.3. The highest BCUT2D eigenvalue weighted by Crippen LogP contribution is 2.22. The molecule has 1 aliphatic carbocycles. The van der Waals surface area contributed by atoms with Crippen molar-refractivity contribution >= 4 is 36.0 Å². The summed E-state index contributed by atoms with van der Waals surface area (Å²) in [5, 5.41) is 13.9. The smallest absolute Gasteiger partial charge is 0.408 e. The molecule has 0 spiro atoms. The van der Waals surface area contributed by atoms with E-state index in [9.17, 15) is 19.2 Å². The molecule has 0 unspecified atom stereocenters. The molecule has 214 valence electrons. The van der Waals surface area contributed by atoms with Crippen LogP contribution in [-0.2, 0) is 25.7 Å². The van der Waals surface area contributed by atoms with Crippen LogP contribution in [-0.4, -0.2) is 66.2 Å². The topological polar surface area (TPSA) is 134 Å². The number of nitrogens with zero attached hydrogens (tertiary/aromatic N) is 1. The second-order valence-corrected chi connectivity index (χ2v) is 10.4. The minimum Gasteiger partial charge on any atom is -0.482 e. The first-order chi connectivity index (χ1) is 18.0. The van der Waals surface area contributed by atoms with Crippen LogP contribution in [0.3, 0.4) is 0 Å². The molecule has 3 N–H and O–H groups in total. The highest BCUT2D eigenvalue weighted by molar-refractivity contribution is 6.30. The van der Waals surface area contributed by atoms with Gasteiger partial charge in [-0.3, -0.25) is 9.59 Å². The van der Waals surface area contributed by atoms with E-state index < -0.39 is 24.3 Å². The number of halogens is 1. The Labute approximate surface area is 230 Å². The van der Waals surface area contributed by atoms with Crippen molar-refractivity contribution in [1.82, 2.24) is 15.5 Å². The molecule has 0 atom stereocenters. The fourth-order valence-electron chi connectivity index (χ4n) is 3.72. The zero-order valence-electron chi connectivity index (χ0n) is 22.7. The summed E-state index contributed by atoms with van der Waals surface area (Å²) in [6, 6.07) is 4.76. The van der Waals surface area contributed by atoms with Crippen molar-refractivity contribution in [3.05, 3.63) is 28.8 Å². The first-order valence-electron chi connectivity index (χ1n) is 13.1. The number of nitrogens with one attached hydrogen (secondary N) is 2. The molecule has 11 heteroatoms. The van der Waals surface area contributed by atoms with E-state index in [1.807, 2.05) is 0 Å². The number of rotatable bonds is 8. The Kier molecular flexibility index (Phi) is 15.9. The maximum Gasteiger partial charge on any atom is 0.408 e. The average Bonchev–Trinajstić information content (AvgIpc) is 3.41. The fraction of sp³-hybridized carbons (Fsp3) is 0.630. The zero-order chi connectivity index (χ0) is 28.4. The van der Waals surface area contributed by atoms with Gasteiger partial charge in [-0.05, 0) is 51.8 Å². The van der Waals surface area contributed by atoms with Gasteiger partial charge >= 0.3 is 12.1 Å². The lowest BCUT2D eigenvalue weighted by Crippen LogP contribution is -2.40. The molecule has 10 nitrogen and oxygen atoms in total. The van der Waals surface area contributed by atoms with Gasteiger partial charge in [-0.2, -0.15) is 0 Å². The zero-order valence-corrected chi connectivity index (χ0v) is 23.5. The maximum absolute atomic E-state index is 11.6. The van der Waals surface area contributed by atoms with Gasteiger partial charge in [0.15, 0.2) is 6.61 Å². The number of carbonyl (C=O) groups is 4. The molecule has 1 saturated carbocycles. The van der Waals surface area contributed by atoms with E-state index in [-0.39, 0.29) is 19.0 Å². The molecule has 2 fully saturated rings. The quantitative estimate of drug-likeness (QED) is 0.401. The van der Waals surface area contributed by atoms with Crippen LogP contribution in [0.25, 0.3) is 0 Å². The molecular formula is C27H42ClN3O7. The molecule has 1 saturated heterocycles. The Bertz CT molecular complexity index is 868. The number of likely N-dealkylation sites (tertiary alicyclic amines) is 1. The number of alkyl carbamates (subject to hydrolysis) is 1. The van der Waals surface area contributed by atoms with Crippen molar-refractivity contribution in [3.63, 3.8) is 0 Å². The summed E-state index contributed by atoms with van der Waals surface area (Å²) in [5.41, 5.74) is 0.0988. The third-order valence-electron chi connectivity index (χ3n) is 5.49. The molecule has 3 amide bonds. The van der Waals surface area contributed by atoms with E-state index in [4.69, 9.17) is 26.2 Å². The van der Waals surface area contributed by atoms with Gasteiger partial charge in [0.05, 0.1) is 0 Å². The van der Waals surface area contributed by atoms with Crippen LogP contribution in [0.4, 0.5) is 4.79 Å². The molecule has 2 aliphatic rings. The molecule has 0 aromatic heterocycles. The second-order valence-electron chi connectivity index (χ2n) is 10.00. The van der Waals surface area contributed by atoms with Crippen LogP contribution in [0.1, 0.15) is 77.7 Å². The molecule has 1 aromatic rings. The molecule has 38 heavy (non-hydrogen) atoms. The van der Waals surface area contributed by atoms with Crippen LogP contribution in [0.5, 0.6) is 5.75 Å². The van der Waals surface area contributed by atoms with Crippen molar-refractivity contribution in [1.29, 1.82) is 0 Å². The summed E-state index contributed by atoms with van der Waals surface area (Å²) < 4.78 is 10.1. The van der Waals surface area contributed by atoms with Crippen LogP contribution in [0.2, 0.25) is 5.02 Å². The third-order valence-corrected chi connectivity index (χ3v) is 5.73. The average molecular weight is 556 g/mol. The Balaban J connectivity index is 0.000000312. The van der Waals surface area contributed by atoms with Crippen molar-refractivity contribution in [2.45, 2.75) is 84.3 Å². The molecule has 1 aliphatic heterocycles. The monoisotopic (exact) mass is 555 g/mol. The van der Waals surface area contributed by atoms with Gasteiger partial charge in [0.1, 0.15) is 17.9 Å². The van der Waals surface area contributed by atoms with E-state index in [1.165, 1.54) is 38.5 Å². The highest BCUT2D eigenvalue weighted by Gasteiger charge is 2.20. The van der Waals surface area contributed by atoms with Gasteiger partial charge in [0.2, 0.25) is 12.3 Å². The van der Waals surface area contributed by atoms with Gasteiger partial charge in [-0.25, -0.2) is 9.59 Å². The highest BCUT2D eigenvalue weighted by atomic mass is 35.5. The lowest BCUT2D eigenvalue weighted by atomic mass is 10.0. The third kappa shape index (κ3) is 16.0. The Morgan fingerprint density at radius 2 is 1.61 bits per heavy atom. The van der Waals surface area contributed by atoms with Crippen molar-refractivity contribution in [2.24, 2.45) is 0 Å². The number of amides is 3. The van der Waals surface area contributed by atoms with Crippen molar-refractivity contribution in [3.8, 4) is 5.75 Å². The summed E-state index contributed by atoms with van der Waals surface area (Å²) in [4.78, 5) is 45.1. The van der Waals surface area contributed by atoms with Gasteiger partial charge < -0.3 is 30.1 Å². The predicted molar refractivity (Wildman–Crippen MR) is 145 cm³/mol. The van der Waals surface area contributed by atoms with Crippen molar-refractivity contribution in [2.75, 3.05) is 26.2 Å². The number of ether oxygens (including phenoxy) is 2. The summed E-state index contributed by atoms with van der Waals surface area (Å²) >= 11 is 5.77. The standard InChI is InChI=1S/C11H20N2O3.C10H10ClNO4.C6H12/c1-11(2,3)16-10(15)12-8-9(14)13-6-4-5-7-13;11-8-1-2-9(16-5-10(14)15)7(3-8)4-12-6-13;1-2-4-6-5-3-1/h4-8H2,1-3H3,(H,12,15);1-3,6H,4-5H2,(H,12,13)(H,14,15);1-6H2. The van der Waals surface area contributed by atoms with Gasteiger partial charge in [-0.1, -0.05) is 50.1 Å². The fourth-order valence-corrected chi connectivity index (χ4v) is 3.91. The molecule has 1 aromatic carbocycles. The van der Waals surface area contributed by atoms with Crippen LogP contribution in [0.15, 0.2) is 18.2 Å². The minimum atomic E-state index is -1.07. The number of carboxylic acid groups (broad SMARTS) is 1. The number of benzene rings is 1. The number of carbonyl (C=O) groups excluding carboxylic acids is 3. The van der Waals surface area contributed by atoms with E-state index in [2.05, 4.69) is 10.6 Å². The molecule has 0 bridgehead atoms. The van der Waals surface area contributed by atoms with Gasteiger partial charge in [0.25, 0.3) is 0 Å². The van der Waals surface area contributed by atoms with Crippen LogP contribution in [0, 0.1) is 0 Å². The van der Waals surface area contributed by atoms with Gasteiger partial charge in [0, 0.05) is 30.2 Å². The number of carboxylic acids is 1. The lowest BCUT2D eigenvalue weighted by molar-refractivity contribution is -0.139. The predicted octanol–water partition coefficient (Wildman–Crippen LogP) is 4.52. The number of hydrogen-bond acceptors (Lipinski definition) is 6. The Morgan fingerprint density at radius 1 is 1.03 bits per heavy atom. The summed E-state index contributed by atoms with van der Waals surface area (Å²) in [7, 11) is 0. The first kappa shape index (κ1) is 33.0.